The minimum atomic E-state index is -3.86. The van der Waals surface area contributed by atoms with Crippen molar-refractivity contribution in [3.63, 3.8) is 0 Å². The van der Waals surface area contributed by atoms with Crippen LogP contribution in [0.3, 0.4) is 0 Å². The van der Waals surface area contributed by atoms with E-state index < -0.39 is 27.4 Å². The maximum atomic E-state index is 11.7. The number of ether oxygens (including phenoxy) is 1. The van der Waals surface area contributed by atoms with Crippen molar-refractivity contribution in [1.82, 2.24) is 4.90 Å². The summed E-state index contributed by atoms with van der Waals surface area (Å²) in [5.74, 6) is -1.50. The minimum Gasteiger partial charge on any atom is -0.459 e. The van der Waals surface area contributed by atoms with E-state index in [1.54, 1.807) is 20.8 Å². The van der Waals surface area contributed by atoms with Gasteiger partial charge in [0.15, 0.2) is 5.75 Å². The zero-order chi connectivity index (χ0) is 14.7. The standard InChI is InChI=1S/C12H23NO5S/c1-12(2,3)17-11(14)9-19(15,16)18-10-5-7-13(4)8-6-10/h10H,5-9H2,1-4H3. The van der Waals surface area contributed by atoms with Gasteiger partial charge < -0.3 is 9.64 Å². The van der Waals surface area contributed by atoms with Gasteiger partial charge in [0.05, 0.1) is 6.10 Å². The van der Waals surface area contributed by atoms with E-state index in [0.29, 0.717) is 12.8 Å². The number of likely N-dealkylation sites (tertiary alicyclic amines) is 1. The lowest BCUT2D eigenvalue weighted by Gasteiger charge is -2.28. The second-order valence-electron chi connectivity index (χ2n) is 5.89. The highest BCUT2D eigenvalue weighted by atomic mass is 32.2. The molecule has 19 heavy (non-hydrogen) atoms. The van der Waals surface area contributed by atoms with E-state index in [9.17, 15) is 13.2 Å². The molecular formula is C12H23NO5S. The Hall–Kier alpha value is -0.660. The molecule has 6 nitrogen and oxygen atoms in total. The van der Waals surface area contributed by atoms with Gasteiger partial charge in [-0.1, -0.05) is 0 Å². The lowest BCUT2D eigenvalue weighted by atomic mass is 10.1. The van der Waals surface area contributed by atoms with E-state index in [2.05, 4.69) is 4.90 Å². The Morgan fingerprint density at radius 2 is 1.79 bits per heavy atom. The first-order chi connectivity index (χ1) is 8.57. The molecule has 0 radical (unpaired) electrons. The van der Waals surface area contributed by atoms with Crippen LogP contribution in [0.2, 0.25) is 0 Å². The van der Waals surface area contributed by atoms with E-state index >= 15 is 0 Å². The van der Waals surface area contributed by atoms with Crippen molar-refractivity contribution < 1.29 is 22.1 Å². The number of carbonyl (C=O) groups excluding carboxylic acids is 1. The zero-order valence-electron chi connectivity index (χ0n) is 12.0. The van der Waals surface area contributed by atoms with Crippen molar-refractivity contribution in [1.29, 1.82) is 0 Å². The number of piperidine rings is 1. The summed E-state index contributed by atoms with van der Waals surface area (Å²) in [5, 5.41) is 0. The molecule has 1 fully saturated rings. The second-order valence-corrected chi connectivity index (χ2v) is 7.48. The fourth-order valence-corrected chi connectivity index (χ4v) is 2.86. The first-order valence-electron chi connectivity index (χ1n) is 6.39. The van der Waals surface area contributed by atoms with Gasteiger partial charge in [0.2, 0.25) is 0 Å². The molecule has 112 valence electrons. The Morgan fingerprint density at radius 1 is 1.26 bits per heavy atom. The van der Waals surface area contributed by atoms with Crippen LogP contribution in [0, 0.1) is 0 Å². The highest BCUT2D eigenvalue weighted by Gasteiger charge is 2.27. The Labute approximate surface area is 115 Å². The van der Waals surface area contributed by atoms with E-state index in [4.69, 9.17) is 8.92 Å². The lowest BCUT2D eigenvalue weighted by molar-refractivity contribution is -0.151. The molecule has 0 bridgehead atoms. The van der Waals surface area contributed by atoms with Crippen LogP contribution in [0.5, 0.6) is 0 Å². The van der Waals surface area contributed by atoms with Gasteiger partial charge in [-0.3, -0.25) is 8.98 Å². The summed E-state index contributed by atoms with van der Waals surface area (Å²) >= 11 is 0. The van der Waals surface area contributed by atoms with Crippen molar-refractivity contribution in [3.8, 4) is 0 Å². The average molecular weight is 293 g/mol. The topological polar surface area (TPSA) is 72.9 Å². The fourth-order valence-electron chi connectivity index (χ4n) is 1.84. The molecule has 0 amide bonds. The van der Waals surface area contributed by atoms with Gasteiger partial charge in [-0.2, -0.15) is 8.42 Å². The third-order valence-corrected chi connectivity index (χ3v) is 3.82. The van der Waals surface area contributed by atoms with Crippen LogP contribution >= 0.6 is 0 Å². The molecule has 7 heteroatoms. The Balaban J connectivity index is 2.46. The smallest absolute Gasteiger partial charge is 0.324 e. The third kappa shape index (κ3) is 6.89. The molecule has 1 rings (SSSR count). The summed E-state index contributed by atoms with van der Waals surface area (Å²) in [5.41, 5.74) is -0.694. The SMILES string of the molecule is CN1CCC(OS(=O)(=O)CC(=O)OC(C)(C)C)CC1. The normalized spacial score (nSPS) is 19.4. The summed E-state index contributed by atoms with van der Waals surface area (Å²) in [4.78, 5) is 13.6. The van der Waals surface area contributed by atoms with E-state index in [1.807, 2.05) is 7.05 Å². The fraction of sp³-hybridized carbons (Fsp3) is 0.917. The number of esters is 1. The summed E-state index contributed by atoms with van der Waals surface area (Å²) in [7, 11) is -1.89. The van der Waals surface area contributed by atoms with E-state index in [-0.39, 0.29) is 6.10 Å². The molecule has 1 aliphatic rings. The zero-order valence-corrected chi connectivity index (χ0v) is 12.8. The average Bonchev–Trinajstić information content (AvgIpc) is 2.17. The molecule has 0 N–H and O–H groups in total. The molecule has 0 atom stereocenters. The van der Waals surface area contributed by atoms with Crippen LogP contribution in [-0.2, 0) is 23.8 Å². The maximum Gasteiger partial charge on any atom is 0.324 e. The molecule has 0 aromatic rings. The van der Waals surface area contributed by atoms with Crippen molar-refractivity contribution >= 4 is 16.1 Å². The summed E-state index contributed by atoms with van der Waals surface area (Å²) < 4.78 is 33.5. The quantitative estimate of drug-likeness (QED) is 0.563. The highest BCUT2D eigenvalue weighted by molar-refractivity contribution is 7.87. The predicted molar refractivity (Wildman–Crippen MR) is 71.2 cm³/mol. The first kappa shape index (κ1) is 16.4. The largest absolute Gasteiger partial charge is 0.459 e. The van der Waals surface area contributed by atoms with Crippen LogP contribution in [0.15, 0.2) is 0 Å². The minimum absolute atomic E-state index is 0.330. The molecular weight excluding hydrogens is 270 g/mol. The van der Waals surface area contributed by atoms with Crippen molar-refractivity contribution in [3.05, 3.63) is 0 Å². The predicted octanol–water partition coefficient (Wildman–Crippen LogP) is 0.769. The lowest BCUT2D eigenvalue weighted by Crippen LogP contribution is -2.37. The van der Waals surface area contributed by atoms with Crippen LogP contribution in [0.25, 0.3) is 0 Å². The summed E-state index contributed by atoms with van der Waals surface area (Å²) in [6.07, 6.45) is 0.984. The van der Waals surface area contributed by atoms with Crippen LogP contribution in [0.1, 0.15) is 33.6 Å². The third-order valence-electron chi connectivity index (χ3n) is 2.66. The molecule has 1 heterocycles. The van der Waals surface area contributed by atoms with Gasteiger partial charge in [0, 0.05) is 13.1 Å². The monoisotopic (exact) mass is 293 g/mol. The molecule has 1 aliphatic heterocycles. The van der Waals surface area contributed by atoms with Gasteiger partial charge in [-0.05, 0) is 40.7 Å². The number of rotatable bonds is 4. The van der Waals surface area contributed by atoms with Gasteiger partial charge in [0.1, 0.15) is 5.60 Å². The molecule has 0 aliphatic carbocycles. The molecule has 0 spiro atoms. The Bertz CT molecular complexity index is 404. The number of nitrogens with zero attached hydrogens (tertiary/aromatic N) is 1. The van der Waals surface area contributed by atoms with Crippen LogP contribution in [-0.4, -0.2) is 56.9 Å². The molecule has 0 aromatic carbocycles. The first-order valence-corrected chi connectivity index (χ1v) is 7.96. The molecule has 0 unspecified atom stereocenters. The number of hydrogen-bond donors (Lipinski definition) is 0. The molecule has 0 saturated carbocycles. The number of carbonyl (C=O) groups is 1. The molecule has 0 aromatic heterocycles. The van der Waals surface area contributed by atoms with E-state index in [1.165, 1.54) is 0 Å². The summed E-state index contributed by atoms with van der Waals surface area (Å²) in [6.45, 7) is 6.67. The van der Waals surface area contributed by atoms with Gasteiger partial charge in [-0.15, -0.1) is 0 Å². The molecule has 1 saturated heterocycles. The van der Waals surface area contributed by atoms with Crippen molar-refractivity contribution in [2.24, 2.45) is 0 Å². The summed E-state index contributed by atoms with van der Waals surface area (Å²) in [6, 6.07) is 0. The van der Waals surface area contributed by atoms with Crippen molar-refractivity contribution in [2.75, 3.05) is 25.9 Å². The maximum absolute atomic E-state index is 11.7. The Morgan fingerprint density at radius 3 is 2.26 bits per heavy atom. The Kier molecular flexibility index (Phi) is 5.34. The van der Waals surface area contributed by atoms with Gasteiger partial charge in [0.25, 0.3) is 10.1 Å². The second kappa shape index (κ2) is 6.19. The number of hydrogen-bond acceptors (Lipinski definition) is 6. The van der Waals surface area contributed by atoms with Crippen LogP contribution < -0.4 is 0 Å². The van der Waals surface area contributed by atoms with Gasteiger partial charge in [-0.25, -0.2) is 0 Å². The van der Waals surface area contributed by atoms with E-state index in [0.717, 1.165) is 13.1 Å². The van der Waals surface area contributed by atoms with Gasteiger partial charge >= 0.3 is 5.97 Å². The van der Waals surface area contributed by atoms with Crippen LogP contribution in [0.4, 0.5) is 0 Å². The highest BCUT2D eigenvalue weighted by Crippen LogP contribution is 2.16. The van der Waals surface area contributed by atoms with Crippen molar-refractivity contribution in [2.45, 2.75) is 45.3 Å².